The lowest BCUT2D eigenvalue weighted by atomic mass is 9.85. The van der Waals surface area contributed by atoms with Crippen LogP contribution in [0.25, 0.3) is 0 Å². The van der Waals surface area contributed by atoms with Gasteiger partial charge < -0.3 is 5.32 Å². The molecule has 0 radical (unpaired) electrons. The molecule has 4 heteroatoms. The van der Waals surface area contributed by atoms with Crippen molar-refractivity contribution in [2.45, 2.75) is 18.4 Å². The summed E-state index contributed by atoms with van der Waals surface area (Å²) >= 11 is 0. The fourth-order valence-corrected chi connectivity index (χ4v) is 3.63. The average molecular weight is 356 g/mol. The number of urea groups is 1. The van der Waals surface area contributed by atoms with Gasteiger partial charge in [-0.2, -0.15) is 0 Å². The predicted octanol–water partition coefficient (Wildman–Crippen LogP) is 4.66. The molecule has 1 heterocycles. The van der Waals surface area contributed by atoms with E-state index in [2.05, 4.69) is 5.32 Å². The second kappa shape index (κ2) is 7.46. The third-order valence-electron chi connectivity index (χ3n) is 4.93. The summed E-state index contributed by atoms with van der Waals surface area (Å²) in [5.74, 6) is -0.343. The number of rotatable bonds is 3. The molecule has 1 saturated heterocycles. The van der Waals surface area contributed by atoms with Crippen LogP contribution in [0.5, 0.6) is 0 Å². The normalized spacial score (nSPS) is 20.1. The van der Waals surface area contributed by atoms with Crippen molar-refractivity contribution >= 4 is 17.6 Å². The molecular weight excluding hydrogens is 336 g/mol. The van der Waals surface area contributed by atoms with E-state index in [-0.39, 0.29) is 24.3 Å². The van der Waals surface area contributed by atoms with E-state index in [4.69, 9.17) is 0 Å². The van der Waals surface area contributed by atoms with E-state index < -0.39 is 6.03 Å². The highest BCUT2D eigenvalue weighted by atomic mass is 16.2. The second-order valence-corrected chi connectivity index (χ2v) is 6.62. The van der Waals surface area contributed by atoms with Crippen molar-refractivity contribution in [2.75, 3.05) is 4.90 Å². The van der Waals surface area contributed by atoms with Crippen LogP contribution in [0.3, 0.4) is 0 Å². The van der Waals surface area contributed by atoms with Crippen LogP contribution >= 0.6 is 0 Å². The van der Waals surface area contributed by atoms with Crippen molar-refractivity contribution in [3.05, 3.63) is 102 Å². The first-order chi connectivity index (χ1) is 13.2. The van der Waals surface area contributed by atoms with Gasteiger partial charge >= 0.3 is 6.03 Å². The highest BCUT2D eigenvalue weighted by Crippen LogP contribution is 2.37. The lowest BCUT2D eigenvalue weighted by Crippen LogP contribution is -2.42. The maximum absolute atomic E-state index is 13.1. The molecule has 2 atom stereocenters. The van der Waals surface area contributed by atoms with Crippen molar-refractivity contribution in [1.82, 2.24) is 5.32 Å². The first kappa shape index (κ1) is 17.0. The maximum Gasteiger partial charge on any atom is 0.329 e. The van der Waals surface area contributed by atoms with E-state index in [1.54, 1.807) is 12.1 Å². The summed E-state index contributed by atoms with van der Waals surface area (Å²) in [5.41, 5.74) is 2.61. The third kappa shape index (κ3) is 3.47. The van der Waals surface area contributed by atoms with Crippen LogP contribution in [0.2, 0.25) is 0 Å². The Kier molecular flexibility index (Phi) is 4.71. The van der Waals surface area contributed by atoms with Gasteiger partial charge in [-0.3, -0.25) is 4.79 Å². The van der Waals surface area contributed by atoms with Gasteiger partial charge in [0.2, 0.25) is 5.91 Å². The SMILES string of the molecule is O=C1C[C@H](c2ccccc2)[C@@H](c2ccccc2)NC(=O)N1c1ccccc1. The standard InChI is InChI=1S/C23H20N2O2/c26-21-16-20(17-10-4-1-5-11-17)22(18-12-6-2-7-13-18)24-23(27)25(21)19-14-8-3-9-15-19/h1-15,20,22H,16H2,(H,24,27)/t20-,22-/m1/s1. The second-order valence-electron chi connectivity index (χ2n) is 6.62. The molecule has 1 fully saturated rings. The van der Waals surface area contributed by atoms with Crippen LogP contribution in [0, 0.1) is 0 Å². The zero-order valence-electron chi connectivity index (χ0n) is 14.8. The molecule has 27 heavy (non-hydrogen) atoms. The molecule has 0 unspecified atom stereocenters. The molecule has 4 nitrogen and oxygen atoms in total. The fraction of sp³-hybridized carbons (Fsp3) is 0.130. The van der Waals surface area contributed by atoms with Crippen LogP contribution in [0.4, 0.5) is 10.5 Å². The van der Waals surface area contributed by atoms with E-state index in [9.17, 15) is 9.59 Å². The van der Waals surface area contributed by atoms with Crippen molar-refractivity contribution in [3.63, 3.8) is 0 Å². The topological polar surface area (TPSA) is 49.4 Å². The highest BCUT2D eigenvalue weighted by Gasteiger charge is 2.37. The summed E-state index contributed by atoms with van der Waals surface area (Å²) in [6, 6.07) is 28.1. The number of hydrogen-bond donors (Lipinski definition) is 1. The van der Waals surface area contributed by atoms with Crippen LogP contribution < -0.4 is 10.2 Å². The Labute approximate surface area is 158 Å². The van der Waals surface area contributed by atoms with Crippen molar-refractivity contribution in [2.24, 2.45) is 0 Å². The Bertz CT molecular complexity index is 867. The predicted molar refractivity (Wildman–Crippen MR) is 105 cm³/mol. The summed E-state index contributed by atoms with van der Waals surface area (Å²) < 4.78 is 0. The molecule has 0 aromatic heterocycles. The van der Waals surface area contributed by atoms with Gasteiger partial charge in [0.1, 0.15) is 0 Å². The van der Waals surface area contributed by atoms with Crippen LogP contribution in [-0.2, 0) is 4.79 Å². The van der Waals surface area contributed by atoms with Gasteiger partial charge in [-0.25, -0.2) is 9.69 Å². The van der Waals surface area contributed by atoms with Crippen molar-refractivity contribution in [3.8, 4) is 0 Å². The van der Waals surface area contributed by atoms with E-state index in [0.29, 0.717) is 5.69 Å². The highest BCUT2D eigenvalue weighted by molar-refractivity contribution is 6.15. The fourth-order valence-electron chi connectivity index (χ4n) is 3.63. The smallest absolute Gasteiger partial charge is 0.329 e. The molecule has 0 spiro atoms. The van der Waals surface area contributed by atoms with Gasteiger partial charge in [0.15, 0.2) is 0 Å². The average Bonchev–Trinajstić information content (AvgIpc) is 2.85. The molecule has 3 amide bonds. The molecular formula is C23H20N2O2. The zero-order valence-corrected chi connectivity index (χ0v) is 14.8. The Morgan fingerprint density at radius 1 is 0.704 bits per heavy atom. The molecule has 134 valence electrons. The number of nitrogens with one attached hydrogen (secondary N) is 1. The number of anilines is 1. The van der Waals surface area contributed by atoms with E-state index in [0.717, 1.165) is 11.1 Å². The number of carbonyl (C=O) groups is 2. The van der Waals surface area contributed by atoms with E-state index >= 15 is 0 Å². The molecule has 0 bridgehead atoms. The van der Waals surface area contributed by atoms with Gasteiger partial charge in [-0.1, -0.05) is 78.9 Å². The molecule has 3 aromatic carbocycles. The minimum Gasteiger partial charge on any atom is -0.330 e. The van der Waals surface area contributed by atoms with Crippen molar-refractivity contribution < 1.29 is 9.59 Å². The molecule has 1 aliphatic heterocycles. The first-order valence-corrected chi connectivity index (χ1v) is 9.02. The van der Waals surface area contributed by atoms with E-state index in [1.807, 2.05) is 78.9 Å². The number of benzene rings is 3. The molecule has 1 N–H and O–H groups in total. The number of carbonyl (C=O) groups excluding carboxylic acids is 2. The minimum atomic E-state index is -0.390. The molecule has 4 rings (SSSR count). The Morgan fingerprint density at radius 2 is 1.22 bits per heavy atom. The van der Waals surface area contributed by atoms with Gasteiger partial charge in [-0.05, 0) is 23.3 Å². The number of nitrogens with zero attached hydrogens (tertiary/aromatic N) is 1. The summed E-state index contributed by atoms with van der Waals surface area (Å²) in [5, 5.41) is 3.09. The monoisotopic (exact) mass is 356 g/mol. The maximum atomic E-state index is 13.1. The number of amides is 3. The van der Waals surface area contributed by atoms with Gasteiger partial charge in [0.05, 0.1) is 11.7 Å². The molecule has 1 aliphatic rings. The Morgan fingerprint density at radius 3 is 1.81 bits per heavy atom. The van der Waals surface area contributed by atoms with E-state index in [1.165, 1.54) is 4.90 Å². The largest absolute Gasteiger partial charge is 0.330 e. The van der Waals surface area contributed by atoms with Crippen molar-refractivity contribution in [1.29, 1.82) is 0 Å². The Hall–Kier alpha value is -3.40. The summed E-state index contributed by atoms with van der Waals surface area (Å²) in [6.07, 6.45) is 0.247. The molecule has 0 aliphatic carbocycles. The minimum absolute atomic E-state index is 0.140. The van der Waals surface area contributed by atoms with Gasteiger partial charge in [0.25, 0.3) is 0 Å². The lowest BCUT2D eigenvalue weighted by Gasteiger charge is -2.25. The van der Waals surface area contributed by atoms with Gasteiger partial charge in [0, 0.05) is 12.3 Å². The number of imide groups is 1. The zero-order chi connectivity index (χ0) is 18.6. The van der Waals surface area contributed by atoms with Crippen LogP contribution in [0.1, 0.15) is 29.5 Å². The van der Waals surface area contributed by atoms with Crippen LogP contribution in [0.15, 0.2) is 91.0 Å². The lowest BCUT2D eigenvalue weighted by molar-refractivity contribution is -0.118. The first-order valence-electron chi connectivity index (χ1n) is 9.02. The summed E-state index contributed by atoms with van der Waals surface area (Å²) in [4.78, 5) is 27.3. The number of hydrogen-bond acceptors (Lipinski definition) is 2. The molecule has 3 aromatic rings. The third-order valence-corrected chi connectivity index (χ3v) is 4.93. The molecule has 0 saturated carbocycles. The van der Waals surface area contributed by atoms with Crippen LogP contribution in [-0.4, -0.2) is 11.9 Å². The Balaban J connectivity index is 1.77. The summed E-state index contributed by atoms with van der Waals surface area (Å²) in [7, 11) is 0. The van der Waals surface area contributed by atoms with Gasteiger partial charge in [-0.15, -0.1) is 0 Å². The summed E-state index contributed by atoms with van der Waals surface area (Å²) in [6.45, 7) is 0. The number of para-hydroxylation sites is 1. The quantitative estimate of drug-likeness (QED) is 0.742.